The summed E-state index contributed by atoms with van der Waals surface area (Å²) in [5.74, 6) is -0.363. The standard InChI is InChI=1S/C28H32N4O4S2/c1-2-6-24(33)23-17-20(18-29)25(30-27(23)37-22-9-10-22)32-15-11-19(12-16-32)26(34)31-38(35,36)28(13-14-28)21-7-4-3-5-8-21/h3-5,7-8,17,19,22H,2,6,9-16H2,1H3,(H,31,34). The molecular formula is C28H32N4O4S2. The predicted octanol–water partition coefficient (Wildman–Crippen LogP) is 4.54. The van der Waals surface area contributed by atoms with Gasteiger partial charge in [0.15, 0.2) is 5.78 Å². The second-order valence-electron chi connectivity index (χ2n) is 10.4. The van der Waals surface area contributed by atoms with Gasteiger partial charge in [-0.05, 0) is 56.6 Å². The lowest BCUT2D eigenvalue weighted by Gasteiger charge is -2.33. The number of hydrogen-bond donors (Lipinski definition) is 1. The number of hydrogen-bond acceptors (Lipinski definition) is 8. The van der Waals surface area contributed by atoms with E-state index in [0.29, 0.717) is 78.0 Å². The number of sulfonamides is 1. The number of carbonyl (C=O) groups excluding carboxylic acids is 2. The first-order valence-electron chi connectivity index (χ1n) is 13.3. The van der Waals surface area contributed by atoms with Crippen LogP contribution in [0.1, 0.15) is 79.8 Å². The first kappa shape index (κ1) is 26.7. The fourth-order valence-corrected chi connectivity index (χ4v) is 7.88. The highest BCUT2D eigenvalue weighted by Crippen LogP contribution is 2.52. The van der Waals surface area contributed by atoms with Crippen LogP contribution in [0.2, 0.25) is 0 Å². The van der Waals surface area contributed by atoms with Crippen LogP contribution in [0, 0.1) is 17.2 Å². The third-order valence-corrected chi connectivity index (χ3v) is 11.1. The van der Waals surface area contributed by atoms with Crippen molar-refractivity contribution in [3.8, 4) is 6.07 Å². The number of nitriles is 1. The molecule has 1 aromatic carbocycles. The number of Topliss-reactive ketones (excluding diaryl/α,β-unsaturated/α-hetero) is 1. The van der Waals surface area contributed by atoms with Gasteiger partial charge in [0.05, 0.1) is 11.1 Å². The molecule has 0 unspecified atom stereocenters. The molecule has 5 rings (SSSR count). The number of carbonyl (C=O) groups is 2. The van der Waals surface area contributed by atoms with E-state index in [-0.39, 0.29) is 5.78 Å². The third-order valence-electron chi connectivity index (χ3n) is 7.59. The quantitative estimate of drug-likeness (QED) is 0.427. The average molecular weight is 553 g/mol. The van der Waals surface area contributed by atoms with Crippen LogP contribution in [-0.4, -0.2) is 43.4 Å². The lowest BCUT2D eigenvalue weighted by molar-refractivity contribution is -0.123. The number of amides is 1. The highest BCUT2D eigenvalue weighted by molar-refractivity contribution is 8.00. The first-order chi connectivity index (χ1) is 18.3. The van der Waals surface area contributed by atoms with Crippen molar-refractivity contribution in [2.75, 3.05) is 18.0 Å². The Morgan fingerprint density at radius 1 is 1.16 bits per heavy atom. The van der Waals surface area contributed by atoms with Crippen LogP contribution in [0.4, 0.5) is 5.82 Å². The van der Waals surface area contributed by atoms with E-state index in [1.54, 1.807) is 30.0 Å². The van der Waals surface area contributed by atoms with Crippen molar-refractivity contribution in [2.45, 2.75) is 73.3 Å². The summed E-state index contributed by atoms with van der Waals surface area (Å²) in [6, 6.07) is 12.9. The Morgan fingerprint density at radius 2 is 1.84 bits per heavy atom. The molecule has 0 radical (unpaired) electrons. The number of nitrogens with one attached hydrogen (secondary N) is 1. The van der Waals surface area contributed by atoms with E-state index in [1.165, 1.54) is 0 Å². The molecule has 2 aliphatic carbocycles. The van der Waals surface area contributed by atoms with E-state index in [1.807, 2.05) is 30.0 Å². The average Bonchev–Trinajstić information content (AvgIpc) is 3.84. The zero-order chi connectivity index (χ0) is 26.9. The molecule has 1 N–H and O–H groups in total. The molecule has 3 fully saturated rings. The van der Waals surface area contributed by atoms with Crippen molar-refractivity contribution in [3.05, 3.63) is 53.1 Å². The van der Waals surface area contributed by atoms with E-state index in [4.69, 9.17) is 4.98 Å². The predicted molar refractivity (Wildman–Crippen MR) is 146 cm³/mol. The number of nitrogens with zero attached hydrogens (tertiary/aromatic N) is 3. The molecule has 1 amide bonds. The first-order valence-corrected chi connectivity index (χ1v) is 15.7. The van der Waals surface area contributed by atoms with Crippen LogP contribution in [0.25, 0.3) is 0 Å². The molecule has 0 atom stereocenters. The highest BCUT2D eigenvalue weighted by atomic mass is 32.2. The molecule has 10 heteroatoms. The molecule has 3 aliphatic rings. The topological polar surface area (TPSA) is 120 Å². The molecule has 1 aromatic heterocycles. The highest BCUT2D eigenvalue weighted by Gasteiger charge is 2.56. The lowest BCUT2D eigenvalue weighted by atomic mass is 9.96. The van der Waals surface area contributed by atoms with Gasteiger partial charge < -0.3 is 4.90 Å². The second kappa shape index (κ2) is 10.7. The minimum Gasteiger partial charge on any atom is -0.355 e. The number of piperidine rings is 1. The minimum absolute atomic E-state index is 0.00623. The van der Waals surface area contributed by atoms with Crippen LogP contribution >= 0.6 is 11.8 Å². The molecule has 1 saturated heterocycles. The molecule has 38 heavy (non-hydrogen) atoms. The molecule has 2 aromatic rings. The Kier molecular flexibility index (Phi) is 7.51. The molecular weight excluding hydrogens is 520 g/mol. The van der Waals surface area contributed by atoms with Gasteiger partial charge in [-0.1, -0.05) is 37.3 Å². The van der Waals surface area contributed by atoms with Crippen LogP contribution in [0.5, 0.6) is 0 Å². The van der Waals surface area contributed by atoms with Gasteiger partial charge in [0.2, 0.25) is 15.9 Å². The van der Waals surface area contributed by atoms with Crippen molar-refractivity contribution in [1.82, 2.24) is 9.71 Å². The summed E-state index contributed by atoms with van der Waals surface area (Å²) in [6.45, 7) is 2.90. The Bertz CT molecular complexity index is 1370. The van der Waals surface area contributed by atoms with Gasteiger partial charge in [0.25, 0.3) is 0 Å². The molecule has 0 bridgehead atoms. The largest absolute Gasteiger partial charge is 0.355 e. The van der Waals surface area contributed by atoms with Crippen LogP contribution in [0.3, 0.4) is 0 Å². The number of rotatable bonds is 10. The van der Waals surface area contributed by atoms with Crippen LogP contribution in [-0.2, 0) is 19.6 Å². The van der Waals surface area contributed by atoms with Gasteiger partial charge in [0.1, 0.15) is 21.7 Å². The Balaban J connectivity index is 1.28. The smallest absolute Gasteiger partial charge is 0.244 e. The fraction of sp³-hybridized carbons (Fsp3) is 0.500. The normalized spacial score (nSPS) is 19.0. The van der Waals surface area contributed by atoms with E-state index in [9.17, 15) is 23.3 Å². The summed E-state index contributed by atoms with van der Waals surface area (Å²) in [4.78, 5) is 32.6. The minimum atomic E-state index is -3.86. The zero-order valence-electron chi connectivity index (χ0n) is 21.5. The monoisotopic (exact) mass is 552 g/mol. The molecule has 2 heterocycles. The summed E-state index contributed by atoms with van der Waals surface area (Å²) < 4.78 is 27.7. The van der Waals surface area contributed by atoms with Crippen molar-refractivity contribution < 1.29 is 18.0 Å². The maximum Gasteiger partial charge on any atom is 0.244 e. The third kappa shape index (κ3) is 5.32. The lowest BCUT2D eigenvalue weighted by Crippen LogP contribution is -2.45. The number of pyridine rings is 1. The number of aromatic nitrogens is 1. The molecule has 8 nitrogen and oxygen atoms in total. The molecule has 2 saturated carbocycles. The van der Waals surface area contributed by atoms with Gasteiger partial charge in [-0.2, -0.15) is 5.26 Å². The summed E-state index contributed by atoms with van der Waals surface area (Å²) in [7, 11) is -3.86. The maximum atomic E-state index is 13.2. The number of benzene rings is 1. The summed E-state index contributed by atoms with van der Waals surface area (Å²) in [5.41, 5.74) is 1.59. The number of anilines is 1. The second-order valence-corrected chi connectivity index (χ2v) is 13.7. The Hall–Kier alpha value is -2.90. The van der Waals surface area contributed by atoms with Gasteiger partial charge in [-0.3, -0.25) is 14.3 Å². The van der Waals surface area contributed by atoms with Gasteiger partial charge in [-0.15, -0.1) is 11.8 Å². The van der Waals surface area contributed by atoms with Crippen LogP contribution < -0.4 is 9.62 Å². The van der Waals surface area contributed by atoms with Gasteiger partial charge in [0, 0.05) is 30.7 Å². The maximum absolute atomic E-state index is 13.2. The van der Waals surface area contributed by atoms with E-state index < -0.39 is 26.6 Å². The van der Waals surface area contributed by atoms with Gasteiger partial charge in [-0.25, -0.2) is 13.4 Å². The summed E-state index contributed by atoms with van der Waals surface area (Å²) in [6.07, 6.45) is 5.24. The zero-order valence-corrected chi connectivity index (χ0v) is 23.1. The van der Waals surface area contributed by atoms with Gasteiger partial charge >= 0.3 is 0 Å². The van der Waals surface area contributed by atoms with E-state index >= 15 is 0 Å². The molecule has 1 aliphatic heterocycles. The SMILES string of the molecule is CCCC(=O)c1cc(C#N)c(N2CCC(C(=O)NS(=O)(=O)C3(c4ccccc4)CC3)CC2)nc1SC1CC1. The molecule has 0 spiro atoms. The Labute approximate surface area is 228 Å². The fourth-order valence-electron chi connectivity index (χ4n) is 5.04. The van der Waals surface area contributed by atoms with Crippen molar-refractivity contribution >= 4 is 39.3 Å². The van der Waals surface area contributed by atoms with Crippen LogP contribution in [0.15, 0.2) is 41.4 Å². The molecule has 200 valence electrons. The van der Waals surface area contributed by atoms with Crippen molar-refractivity contribution in [2.24, 2.45) is 5.92 Å². The number of ketones is 1. The summed E-state index contributed by atoms with van der Waals surface area (Å²) >= 11 is 1.61. The van der Waals surface area contributed by atoms with E-state index in [2.05, 4.69) is 10.8 Å². The van der Waals surface area contributed by atoms with Crippen molar-refractivity contribution in [1.29, 1.82) is 5.26 Å². The number of thioether (sulfide) groups is 1. The summed E-state index contributed by atoms with van der Waals surface area (Å²) in [5, 5.41) is 11.0. The Morgan fingerprint density at radius 3 is 2.42 bits per heavy atom. The van der Waals surface area contributed by atoms with E-state index in [0.717, 1.165) is 19.3 Å². The van der Waals surface area contributed by atoms with Crippen molar-refractivity contribution in [3.63, 3.8) is 0 Å².